The fourth-order valence-corrected chi connectivity index (χ4v) is 1.48. The first-order valence-corrected chi connectivity index (χ1v) is 6.33. The second-order valence-corrected chi connectivity index (χ2v) is 4.40. The fourth-order valence-electron chi connectivity index (χ4n) is 1.48. The number of hydrogen-bond acceptors (Lipinski definition) is 3. The maximum Gasteiger partial charge on any atom is 0.315 e. The second-order valence-electron chi connectivity index (χ2n) is 4.40. The third kappa shape index (κ3) is 9.89. The van der Waals surface area contributed by atoms with Crippen molar-refractivity contribution in [1.29, 1.82) is 0 Å². The van der Waals surface area contributed by atoms with E-state index in [9.17, 15) is 9.59 Å². The summed E-state index contributed by atoms with van der Waals surface area (Å²) in [6, 6.07) is -0.666. The van der Waals surface area contributed by atoms with E-state index in [1.165, 1.54) is 0 Å². The number of urea groups is 1. The minimum atomic E-state index is -0.906. The molecule has 0 aromatic heterocycles. The van der Waals surface area contributed by atoms with Crippen LogP contribution in [0, 0.1) is 0 Å². The van der Waals surface area contributed by atoms with Gasteiger partial charge in [-0.25, -0.2) is 4.79 Å². The average molecular weight is 260 g/mol. The molecule has 1 atom stereocenters. The quantitative estimate of drug-likeness (QED) is 0.546. The molecule has 106 valence electrons. The van der Waals surface area contributed by atoms with Crippen LogP contribution < -0.4 is 10.6 Å². The van der Waals surface area contributed by atoms with Gasteiger partial charge in [0.2, 0.25) is 0 Å². The van der Waals surface area contributed by atoms with Crippen molar-refractivity contribution in [3.05, 3.63) is 0 Å². The highest BCUT2D eigenvalue weighted by Gasteiger charge is 2.14. The van der Waals surface area contributed by atoms with E-state index >= 15 is 0 Å². The van der Waals surface area contributed by atoms with Gasteiger partial charge in [0.05, 0.1) is 19.1 Å². The number of hydrogen-bond donors (Lipinski definition) is 3. The van der Waals surface area contributed by atoms with E-state index in [0.29, 0.717) is 19.6 Å². The number of amides is 2. The van der Waals surface area contributed by atoms with Gasteiger partial charge in [0.25, 0.3) is 0 Å². The van der Waals surface area contributed by atoms with E-state index in [1.54, 1.807) is 0 Å². The zero-order valence-corrected chi connectivity index (χ0v) is 11.4. The molecule has 0 aliphatic heterocycles. The smallest absolute Gasteiger partial charge is 0.315 e. The molecule has 6 nitrogen and oxygen atoms in total. The van der Waals surface area contributed by atoms with Crippen LogP contribution in [0.3, 0.4) is 0 Å². The number of carbonyl (C=O) groups excluding carboxylic acids is 1. The molecule has 0 spiro atoms. The molecule has 6 heteroatoms. The van der Waals surface area contributed by atoms with E-state index in [2.05, 4.69) is 10.6 Å². The average Bonchev–Trinajstić information content (AvgIpc) is 2.23. The highest BCUT2D eigenvalue weighted by molar-refractivity contribution is 5.75. The first kappa shape index (κ1) is 16.7. The van der Waals surface area contributed by atoms with E-state index in [-0.39, 0.29) is 24.6 Å². The Balaban J connectivity index is 3.83. The van der Waals surface area contributed by atoms with Crippen molar-refractivity contribution in [2.45, 2.75) is 52.2 Å². The molecule has 0 rings (SSSR count). The van der Waals surface area contributed by atoms with Crippen LogP contribution in [-0.2, 0) is 9.53 Å². The van der Waals surface area contributed by atoms with Gasteiger partial charge in [-0.2, -0.15) is 0 Å². The molecule has 0 heterocycles. The SMILES string of the molecule is CCCC(CC(=O)O)NC(=O)NCCOC(C)C. The van der Waals surface area contributed by atoms with Gasteiger partial charge in [0, 0.05) is 12.6 Å². The maximum atomic E-state index is 11.5. The number of ether oxygens (including phenoxy) is 1. The highest BCUT2D eigenvalue weighted by Crippen LogP contribution is 2.01. The lowest BCUT2D eigenvalue weighted by Gasteiger charge is -2.16. The molecular formula is C12H24N2O4. The molecule has 0 bridgehead atoms. The Morgan fingerprint density at radius 2 is 2.00 bits per heavy atom. The fraction of sp³-hybridized carbons (Fsp3) is 0.833. The topological polar surface area (TPSA) is 87.7 Å². The van der Waals surface area contributed by atoms with Crippen molar-refractivity contribution in [3.63, 3.8) is 0 Å². The Hall–Kier alpha value is -1.30. The summed E-state index contributed by atoms with van der Waals surface area (Å²) in [6.07, 6.45) is 1.57. The number of nitrogens with one attached hydrogen (secondary N) is 2. The van der Waals surface area contributed by atoms with Crippen LogP contribution in [0.15, 0.2) is 0 Å². The molecule has 1 unspecified atom stereocenters. The molecule has 0 saturated heterocycles. The van der Waals surface area contributed by atoms with E-state index in [1.807, 2.05) is 20.8 Å². The molecule has 2 amide bonds. The Morgan fingerprint density at radius 1 is 1.33 bits per heavy atom. The Kier molecular flexibility index (Phi) is 9.00. The first-order chi connectivity index (χ1) is 8.45. The standard InChI is InChI=1S/C12H24N2O4/c1-4-5-10(8-11(15)16)14-12(17)13-6-7-18-9(2)3/h9-10H,4-8H2,1-3H3,(H,15,16)(H2,13,14,17). The van der Waals surface area contributed by atoms with Crippen LogP contribution in [0.4, 0.5) is 4.79 Å². The summed E-state index contributed by atoms with van der Waals surface area (Å²) >= 11 is 0. The largest absolute Gasteiger partial charge is 0.481 e. The predicted octanol–water partition coefficient (Wildman–Crippen LogP) is 1.35. The minimum Gasteiger partial charge on any atom is -0.481 e. The van der Waals surface area contributed by atoms with Gasteiger partial charge in [-0.3, -0.25) is 4.79 Å². The first-order valence-electron chi connectivity index (χ1n) is 6.33. The van der Waals surface area contributed by atoms with Crippen LogP contribution in [0.2, 0.25) is 0 Å². The van der Waals surface area contributed by atoms with Crippen LogP contribution in [0.1, 0.15) is 40.0 Å². The van der Waals surface area contributed by atoms with Crippen LogP contribution in [0.25, 0.3) is 0 Å². The zero-order chi connectivity index (χ0) is 14.0. The van der Waals surface area contributed by atoms with Crippen molar-refractivity contribution < 1.29 is 19.4 Å². The normalized spacial score (nSPS) is 12.2. The van der Waals surface area contributed by atoms with Gasteiger partial charge < -0.3 is 20.5 Å². The van der Waals surface area contributed by atoms with Crippen molar-refractivity contribution in [2.75, 3.05) is 13.2 Å². The predicted molar refractivity (Wildman–Crippen MR) is 68.6 cm³/mol. The number of carboxylic acids is 1. The van der Waals surface area contributed by atoms with Crippen molar-refractivity contribution in [1.82, 2.24) is 10.6 Å². The summed E-state index contributed by atoms with van der Waals surface area (Å²) in [5.74, 6) is -0.906. The molecule has 0 aromatic rings. The zero-order valence-electron chi connectivity index (χ0n) is 11.4. The van der Waals surface area contributed by atoms with Crippen LogP contribution >= 0.6 is 0 Å². The lowest BCUT2D eigenvalue weighted by molar-refractivity contribution is -0.137. The van der Waals surface area contributed by atoms with E-state index in [4.69, 9.17) is 9.84 Å². The molecule has 3 N–H and O–H groups in total. The lowest BCUT2D eigenvalue weighted by Crippen LogP contribution is -2.44. The van der Waals surface area contributed by atoms with Gasteiger partial charge in [0.15, 0.2) is 0 Å². The lowest BCUT2D eigenvalue weighted by atomic mass is 10.1. The number of carboxylic acid groups (broad SMARTS) is 1. The summed E-state index contributed by atoms with van der Waals surface area (Å²) in [6.45, 7) is 6.65. The second kappa shape index (κ2) is 9.70. The van der Waals surface area contributed by atoms with Gasteiger partial charge in [0.1, 0.15) is 0 Å². The van der Waals surface area contributed by atoms with Gasteiger partial charge in [-0.1, -0.05) is 13.3 Å². The summed E-state index contributed by atoms with van der Waals surface area (Å²) in [5, 5.41) is 14.0. The molecule has 0 aliphatic rings. The minimum absolute atomic E-state index is 0.0518. The maximum absolute atomic E-state index is 11.5. The van der Waals surface area contributed by atoms with Gasteiger partial charge in [-0.15, -0.1) is 0 Å². The third-order valence-electron chi connectivity index (χ3n) is 2.23. The molecule has 0 radical (unpaired) electrons. The third-order valence-corrected chi connectivity index (χ3v) is 2.23. The van der Waals surface area contributed by atoms with Crippen LogP contribution in [0.5, 0.6) is 0 Å². The molecular weight excluding hydrogens is 236 g/mol. The van der Waals surface area contributed by atoms with Crippen LogP contribution in [-0.4, -0.2) is 42.4 Å². The van der Waals surface area contributed by atoms with Crippen molar-refractivity contribution >= 4 is 12.0 Å². The molecule has 0 aromatic carbocycles. The molecule has 18 heavy (non-hydrogen) atoms. The van der Waals surface area contributed by atoms with Crippen molar-refractivity contribution in [2.24, 2.45) is 0 Å². The Morgan fingerprint density at radius 3 is 2.50 bits per heavy atom. The van der Waals surface area contributed by atoms with Gasteiger partial charge in [-0.05, 0) is 20.3 Å². The molecule has 0 fully saturated rings. The van der Waals surface area contributed by atoms with Crippen molar-refractivity contribution in [3.8, 4) is 0 Å². The van der Waals surface area contributed by atoms with E-state index in [0.717, 1.165) is 6.42 Å². The molecule has 0 saturated carbocycles. The molecule has 0 aliphatic carbocycles. The highest BCUT2D eigenvalue weighted by atomic mass is 16.5. The van der Waals surface area contributed by atoms with Gasteiger partial charge >= 0.3 is 12.0 Å². The summed E-state index contributed by atoms with van der Waals surface area (Å²) in [4.78, 5) is 22.1. The summed E-state index contributed by atoms with van der Waals surface area (Å²) in [7, 11) is 0. The Bertz CT molecular complexity index is 256. The monoisotopic (exact) mass is 260 g/mol. The summed E-state index contributed by atoms with van der Waals surface area (Å²) < 4.78 is 5.27. The Labute approximate surface area is 108 Å². The summed E-state index contributed by atoms with van der Waals surface area (Å²) in [5.41, 5.74) is 0. The number of rotatable bonds is 9. The van der Waals surface area contributed by atoms with E-state index < -0.39 is 5.97 Å². The number of aliphatic carboxylic acids is 1. The number of carbonyl (C=O) groups is 2.